The van der Waals surface area contributed by atoms with Crippen LogP contribution in [-0.2, 0) is 81.0 Å². The number of hydrogen-bond donors (Lipinski definition) is 2. The quantitative estimate of drug-likeness (QED) is 0.279. The molecule has 9 rings (SSSR count). The van der Waals surface area contributed by atoms with Crippen LogP contribution in [0.1, 0.15) is 45.6 Å². The van der Waals surface area contributed by atoms with Crippen molar-refractivity contribution < 1.29 is 28.6 Å². The van der Waals surface area contributed by atoms with E-state index >= 15 is 0 Å². The van der Waals surface area contributed by atoms with E-state index in [1.165, 1.54) is 0 Å². The summed E-state index contributed by atoms with van der Waals surface area (Å²) in [6, 6.07) is 24.3. The van der Waals surface area contributed by atoms with Gasteiger partial charge in [0.05, 0.1) is 104 Å². The predicted molar refractivity (Wildman–Crippen MR) is 242 cm³/mol. The van der Waals surface area contributed by atoms with Gasteiger partial charge in [-0.2, -0.15) is 0 Å². The number of carbonyl (C=O) groups is 3. The summed E-state index contributed by atoms with van der Waals surface area (Å²) in [6.45, 7) is 13.6. The number of nitrogens with one attached hydrogen (secondary N) is 2. The topological polar surface area (TPSA) is 171 Å². The Bertz CT molecular complexity index is 1900. The van der Waals surface area contributed by atoms with E-state index in [4.69, 9.17) is 24.2 Å². The molecule has 342 valence electrons. The maximum Gasteiger partial charge on any atom is 0.236 e. The molecule has 8 bridgehead atoms. The third kappa shape index (κ3) is 15.2. The first kappa shape index (κ1) is 47.2. The lowest BCUT2D eigenvalue weighted by molar-refractivity contribution is -0.137. The van der Waals surface area contributed by atoms with E-state index in [0.29, 0.717) is 110 Å². The Hall–Kier alpha value is -4.79. The van der Waals surface area contributed by atoms with Crippen molar-refractivity contribution in [3.05, 3.63) is 118 Å². The van der Waals surface area contributed by atoms with E-state index < -0.39 is 0 Å². The summed E-state index contributed by atoms with van der Waals surface area (Å²) >= 11 is 3.12. The minimum Gasteiger partial charge on any atom is -0.378 e. The van der Waals surface area contributed by atoms with E-state index in [-0.39, 0.29) is 17.7 Å². The summed E-state index contributed by atoms with van der Waals surface area (Å²) in [7, 11) is 0. The summed E-state index contributed by atoms with van der Waals surface area (Å²) in [6.07, 6.45) is 0. The Morgan fingerprint density at radius 3 is 1.00 bits per heavy atom. The molecule has 0 spiro atoms. The van der Waals surface area contributed by atoms with Gasteiger partial charge in [0.15, 0.2) is 0 Å². The molecule has 0 saturated carbocycles. The number of alkyl halides is 1. The molecule has 4 aromatic rings. The Balaban J connectivity index is 0.000000179. The van der Waals surface area contributed by atoms with Gasteiger partial charge in [-0.25, -0.2) is 0 Å². The van der Waals surface area contributed by atoms with E-state index in [1.807, 2.05) is 70.5 Å². The molecule has 0 aromatic carbocycles. The zero-order chi connectivity index (χ0) is 44.4. The Labute approximate surface area is 384 Å². The molecule has 0 radical (unpaired) electrons. The van der Waals surface area contributed by atoms with Crippen molar-refractivity contribution in [2.45, 2.75) is 52.4 Å². The molecule has 9 heterocycles. The first-order chi connectivity index (χ1) is 31.4. The van der Waals surface area contributed by atoms with Gasteiger partial charge in [-0.15, -0.1) is 0 Å². The summed E-state index contributed by atoms with van der Waals surface area (Å²) in [4.78, 5) is 65.7. The third-order valence-electron chi connectivity index (χ3n) is 11.1. The van der Waals surface area contributed by atoms with Gasteiger partial charge in [0.1, 0.15) is 0 Å². The molecule has 3 saturated heterocycles. The number of hydrogen-bond acceptors (Lipinski definition) is 14. The fourth-order valence-electron chi connectivity index (χ4n) is 7.86. The van der Waals surface area contributed by atoms with Gasteiger partial charge in [-0.1, -0.05) is 40.2 Å². The van der Waals surface area contributed by atoms with Crippen LogP contribution in [0.4, 0.5) is 0 Å². The second-order valence-corrected chi connectivity index (χ2v) is 16.7. The van der Waals surface area contributed by atoms with Gasteiger partial charge in [-0.3, -0.25) is 44.1 Å². The number of nitrogens with zero attached hydrogens (tertiary/aromatic N) is 9. The molecule has 3 amide bonds. The van der Waals surface area contributed by atoms with Crippen LogP contribution < -0.4 is 10.6 Å². The smallest absolute Gasteiger partial charge is 0.236 e. The first-order valence-corrected chi connectivity index (χ1v) is 23.3. The van der Waals surface area contributed by atoms with Crippen LogP contribution in [0, 0.1) is 0 Å². The Morgan fingerprint density at radius 1 is 0.438 bits per heavy atom. The molecule has 0 atom stereocenters. The van der Waals surface area contributed by atoms with Crippen molar-refractivity contribution in [2.75, 3.05) is 97.3 Å². The fourth-order valence-corrected chi connectivity index (χ4v) is 8.21. The monoisotopic (exact) mass is 941 g/mol. The summed E-state index contributed by atoms with van der Waals surface area (Å²) < 4.78 is 15.9. The highest BCUT2D eigenvalue weighted by Gasteiger charge is 2.24. The second kappa shape index (κ2) is 25.1. The van der Waals surface area contributed by atoms with Crippen LogP contribution in [0.5, 0.6) is 0 Å². The largest absolute Gasteiger partial charge is 0.378 e. The fraction of sp³-hybridized carbons (Fsp3) is 0.500. The standard InChI is InChI=1S/C26H34N6O4.C14H16N4.C6H10BrNO2/c33-25(31-7-11-35-12-8-31)19-29-15-21-3-1-4-22(27-21)16-30(18-24-6-2-5-23(17-29)28-24)20-26(34)32-9-13-36-14-10-32;1-3-11-7-15-9-13-5-2-6-14(18-13)10-16-8-12(4-1)17-11;7-5-6(9)8-1-3-10-4-2-8/h1-6H,7-20H2;1-6,15-16H,7-10H2;1-5H2. The van der Waals surface area contributed by atoms with Crippen LogP contribution in [-0.4, -0.2) is 159 Å². The molecule has 18 heteroatoms. The average molecular weight is 943 g/mol. The molecule has 0 unspecified atom stereocenters. The Morgan fingerprint density at radius 2 is 0.703 bits per heavy atom. The highest BCUT2D eigenvalue weighted by molar-refractivity contribution is 9.09. The van der Waals surface area contributed by atoms with Crippen molar-refractivity contribution in [1.82, 2.24) is 55.1 Å². The molecule has 17 nitrogen and oxygen atoms in total. The molecule has 64 heavy (non-hydrogen) atoms. The van der Waals surface area contributed by atoms with Crippen LogP contribution in [0.3, 0.4) is 0 Å². The molecular formula is C46H60BrN11O6. The normalized spacial score (nSPS) is 18.5. The maximum atomic E-state index is 13.0. The number of carbonyl (C=O) groups excluding carboxylic acids is 3. The van der Waals surface area contributed by atoms with Gasteiger partial charge in [-0.05, 0) is 48.5 Å². The zero-order valence-electron chi connectivity index (χ0n) is 36.5. The lowest BCUT2D eigenvalue weighted by Gasteiger charge is -2.31. The molecule has 5 aliphatic rings. The predicted octanol–water partition coefficient (Wildman–Crippen LogP) is 2.12. The summed E-state index contributed by atoms with van der Waals surface area (Å²) in [5.74, 6) is 0.360. The second-order valence-electron chi connectivity index (χ2n) is 16.1. The molecule has 4 aromatic heterocycles. The molecule has 2 N–H and O–H groups in total. The van der Waals surface area contributed by atoms with Gasteiger partial charge >= 0.3 is 0 Å². The van der Waals surface area contributed by atoms with Crippen molar-refractivity contribution in [2.24, 2.45) is 0 Å². The van der Waals surface area contributed by atoms with Crippen LogP contribution >= 0.6 is 15.9 Å². The lowest BCUT2D eigenvalue weighted by Crippen LogP contribution is -2.46. The van der Waals surface area contributed by atoms with Crippen molar-refractivity contribution in [1.29, 1.82) is 0 Å². The number of pyridine rings is 4. The van der Waals surface area contributed by atoms with E-state index in [0.717, 1.165) is 84.8 Å². The third-order valence-corrected chi connectivity index (χ3v) is 11.6. The molecule has 0 aliphatic carbocycles. The number of ether oxygens (including phenoxy) is 3. The SMILES string of the molecule is O=C(CBr)N1CCOCC1.O=C(CN1Cc2cccc(n2)CN(CC(=O)N2CCOCC2)Cc2cccc(n2)C1)N1CCOCC1.c1cc2nc(c1)CNCc1cccc(n1)CNC2. The molecule has 5 aliphatic heterocycles. The van der Waals surface area contributed by atoms with Crippen LogP contribution in [0.15, 0.2) is 72.8 Å². The van der Waals surface area contributed by atoms with Crippen molar-refractivity contribution in [3.63, 3.8) is 0 Å². The number of fused-ring (bicyclic) bond motifs is 8. The van der Waals surface area contributed by atoms with Crippen molar-refractivity contribution >= 4 is 33.7 Å². The van der Waals surface area contributed by atoms with E-state index in [2.05, 4.69) is 58.5 Å². The van der Waals surface area contributed by atoms with Crippen LogP contribution in [0.2, 0.25) is 0 Å². The molecule has 3 fully saturated rings. The minimum absolute atomic E-state index is 0.102. The number of halogens is 1. The summed E-state index contributed by atoms with van der Waals surface area (Å²) in [5, 5.41) is 7.17. The van der Waals surface area contributed by atoms with Gasteiger partial charge in [0.25, 0.3) is 0 Å². The summed E-state index contributed by atoms with van der Waals surface area (Å²) in [5.41, 5.74) is 7.91. The maximum absolute atomic E-state index is 13.0. The van der Waals surface area contributed by atoms with Crippen molar-refractivity contribution in [3.8, 4) is 0 Å². The van der Waals surface area contributed by atoms with E-state index in [1.54, 1.807) is 4.90 Å². The molecular weight excluding hydrogens is 882 g/mol. The number of morpholine rings is 3. The Kier molecular flexibility index (Phi) is 18.5. The van der Waals surface area contributed by atoms with Gasteiger partial charge in [0.2, 0.25) is 17.7 Å². The highest BCUT2D eigenvalue weighted by atomic mass is 79.9. The number of amides is 3. The average Bonchev–Trinajstić information content (AvgIpc) is 3.32. The first-order valence-electron chi connectivity index (χ1n) is 22.1. The number of aromatic nitrogens is 4. The van der Waals surface area contributed by atoms with Crippen LogP contribution in [0.25, 0.3) is 0 Å². The highest BCUT2D eigenvalue weighted by Crippen LogP contribution is 2.16. The van der Waals surface area contributed by atoms with Gasteiger partial charge in [0, 0.05) is 91.6 Å². The number of rotatable bonds is 5. The zero-order valence-corrected chi connectivity index (χ0v) is 38.1. The minimum atomic E-state index is 0.102. The lowest BCUT2D eigenvalue weighted by atomic mass is 10.2. The van der Waals surface area contributed by atoms with E-state index in [9.17, 15) is 14.4 Å². The van der Waals surface area contributed by atoms with Gasteiger partial charge < -0.3 is 39.5 Å².